The van der Waals surface area contributed by atoms with Crippen LogP contribution < -0.4 is 5.32 Å². The third-order valence-electron chi connectivity index (χ3n) is 3.82. The summed E-state index contributed by atoms with van der Waals surface area (Å²) in [6, 6.07) is 14.7. The van der Waals surface area contributed by atoms with Crippen LogP contribution in [0.4, 0.5) is 5.69 Å². The van der Waals surface area contributed by atoms with E-state index in [1.165, 1.54) is 16.7 Å². The molecule has 1 N–H and O–H groups in total. The number of rotatable bonds is 7. The Bertz CT molecular complexity index is 784. The topological polar surface area (TPSA) is 52.0 Å². The van der Waals surface area contributed by atoms with E-state index in [1.54, 1.807) is 17.3 Å². The molecule has 0 saturated carbocycles. The summed E-state index contributed by atoms with van der Waals surface area (Å²) < 4.78 is 7.24. The Morgan fingerprint density at radius 1 is 1.12 bits per heavy atom. The van der Waals surface area contributed by atoms with Crippen molar-refractivity contribution >= 4 is 5.69 Å². The molecule has 0 spiro atoms. The van der Waals surface area contributed by atoms with Gasteiger partial charge in [0.05, 0.1) is 12.3 Å². The Morgan fingerprint density at radius 2 is 2.04 bits per heavy atom. The Morgan fingerprint density at radius 3 is 2.79 bits per heavy atom. The van der Waals surface area contributed by atoms with Crippen LogP contribution in [0.1, 0.15) is 23.6 Å². The number of benzene rings is 2. The average molecular weight is 322 g/mol. The quantitative estimate of drug-likeness (QED) is 0.720. The van der Waals surface area contributed by atoms with Gasteiger partial charge in [0.2, 0.25) is 0 Å². The van der Waals surface area contributed by atoms with Crippen LogP contribution in [0.2, 0.25) is 0 Å². The van der Waals surface area contributed by atoms with E-state index in [9.17, 15) is 0 Å². The summed E-state index contributed by atoms with van der Waals surface area (Å²) in [5, 5.41) is 7.65. The molecule has 0 aliphatic heterocycles. The Labute approximate surface area is 142 Å². The van der Waals surface area contributed by atoms with E-state index >= 15 is 0 Å². The van der Waals surface area contributed by atoms with Gasteiger partial charge >= 0.3 is 0 Å². The second-order valence-corrected chi connectivity index (χ2v) is 5.65. The first-order valence-corrected chi connectivity index (χ1v) is 8.11. The molecule has 24 heavy (non-hydrogen) atoms. The first kappa shape index (κ1) is 16.2. The van der Waals surface area contributed by atoms with Crippen LogP contribution in [0.5, 0.6) is 0 Å². The Kier molecular flexibility index (Phi) is 5.23. The number of anilines is 1. The molecule has 0 aliphatic rings. The zero-order valence-corrected chi connectivity index (χ0v) is 14.1. The molecular formula is C19H22N4O. The second kappa shape index (κ2) is 7.75. The van der Waals surface area contributed by atoms with Crippen molar-refractivity contribution in [2.45, 2.75) is 27.0 Å². The van der Waals surface area contributed by atoms with Crippen LogP contribution in [-0.4, -0.2) is 21.4 Å². The zero-order chi connectivity index (χ0) is 16.8. The summed E-state index contributed by atoms with van der Waals surface area (Å²) in [5.74, 6) is 0. The van der Waals surface area contributed by atoms with Crippen LogP contribution in [0.25, 0.3) is 5.69 Å². The van der Waals surface area contributed by atoms with Crippen molar-refractivity contribution in [1.82, 2.24) is 14.8 Å². The zero-order valence-electron chi connectivity index (χ0n) is 14.1. The van der Waals surface area contributed by atoms with Crippen molar-refractivity contribution in [2.75, 3.05) is 11.9 Å². The third kappa shape index (κ3) is 4.00. The van der Waals surface area contributed by atoms with Crippen molar-refractivity contribution < 1.29 is 4.74 Å². The van der Waals surface area contributed by atoms with E-state index in [0.717, 1.165) is 24.5 Å². The largest absolute Gasteiger partial charge is 0.381 e. The lowest BCUT2D eigenvalue weighted by atomic mass is 10.1. The van der Waals surface area contributed by atoms with Gasteiger partial charge in [-0.25, -0.2) is 9.67 Å². The van der Waals surface area contributed by atoms with E-state index in [0.29, 0.717) is 6.61 Å². The highest BCUT2D eigenvalue weighted by atomic mass is 16.5. The van der Waals surface area contributed by atoms with Gasteiger partial charge in [-0.3, -0.25) is 0 Å². The van der Waals surface area contributed by atoms with Gasteiger partial charge in [0.1, 0.15) is 12.7 Å². The lowest BCUT2D eigenvalue weighted by Gasteiger charge is -2.11. The highest BCUT2D eigenvalue weighted by molar-refractivity contribution is 5.47. The van der Waals surface area contributed by atoms with Crippen LogP contribution in [0.15, 0.2) is 55.1 Å². The summed E-state index contributed by atoms with van der Waals surface area (Å²) in [7, 11) is 0. The van der Waals surface area contributed by atoms with Crippen LogP contribution in [-0.2, 0) is 17.9 Å². The second-order valence-electron chi connectivity index (χ2n) is 5.65. The smallest absolute Gasteiger partial charge is 0.138 e. The molecule has 0 radical (unpaired) electrons. The molecule has 0 aliphatic carbocycles. The maximum absolute atomic E-state index is 5.46. The molecule has 3 rings (SSSR count). The summed E-state index contributed by atoms with van der Waals surface area (Å²) in [6.45, 7) is 6.25. The molecule has 1 aromatic heterocycles. The summed E-state index contributed by atoms with van der Waals surface area (Å²) in [5.41, 5.74) is 5.73. The molecule has 5 nitrogen and oxygen atoms in total. The van der Waals surface area contributed by atoms with Crippen LogP contribution >= 0.6 is 0 Å². The van der Waals surface area contributed by atoms with Crippen LogP contribution in [0, 0.1) is 6.92 Å². The highest BCUT2D eigenvalue weighted by Gasteiger charge is 2.03. The van der Waals surface area contributed by atoms with E-state index in [1.807, 2.05) is 6.92 Å². The molecule has 0 bridgehead atoms. The first-order chi connectivity index (χ1) is 11.8. The maximum Gasteiger partial charge on any atom is 0.138 e. The third-order valence-corrected chi connectivity index (χ3v) is 3.82. The molecule has 0 amide bonds. The monoisotopic (exact) mass is 322 g/mol. The molecule has 1 heterocycles. The van der Waals surface area contributed by atoms with Gasteiger partial charge < -0.3 is 10.1 Å². The minimum atomic E-state index is 0.651. The highest BCUT2D eigenvalue weighted by Crippen LogP contribution is 2.17. The van der Waals surface area contributed by atoms with Gasteiger partial charge in [0.15, 0.2) is 0 Å². The van der Waals surface area contributed by atoms with Crippen molar-refractivity contribution in [3.05, 3.63) is 71.8 Å². The van der Waals surface area contributed by atoms with Gasteiger partial charge in [-0.05, 0) is 48.7 Å². The Balaban J connectivity index is 1.65. The first-order valence-electron chi connectivity index (χ1n) is 8.11. The van der Waals surface area contributed by atoms with Gasteiger partial charge in [0, 0.05) is 18.8 Å². The van der Waals surface area contributed by atoms with E-state index in [-0.39, 0.29) is 0 Å². The standard InChI is InChI=1S/C19H22N4O/c1-3-24-12-17-5-4-6-18(10-17)21-11-16-7-8-19(15(2)9-16)23-14-20-13-22-23/h4-10,13-14,21H,3,11-12H2,1-2H3. The average Bonchev–Trinajstić information content (AvgIpc) is 3.13. The SMILES string of the molecule is CCOCc1cccc(NCc2ccc(-n3cncn3)c(C)c2)c1. The molecule has 124 valence electrons. The fourth-order valence-electron chi connectivity index (χ4n) is 2.61. The van der Waals surface area contributed by atoms with Gasteiger partial charge in [-0.1, -0.05) is 24.3 Å². The predicted octanol–water partition coefficient (Wildman–Crippen LogP) is 3.72. The summed E-state index contributed by atoms with van der Waals surface area (Å²) in [6.07, 6.45) is 3.26. The Hall–Kier alpha value is -2.66. The summed E-state index contributed by atoms with van der Waals surface area (Å²) >= 11 is 0. The molecule has 0 fully saturated rings. The van der Waals surface area contributed by atoms with E-state index < -0.39 is 0 Å². The number of hydrogen-bond acceptors (Lipinski definition) is 4. The normalized spacial score (nSPS) is 10.8. The van der Waals surface area contributed by atoms with Gasteiger partial charge in [0.25, 0.3) is 0 Å². The molecule has 5 heteroatoms. The number of ether oxygens (including phenoxy) is 1. The van der Waals surface area contributed by atoms with Crippen LogP contribution in [0.3, 0.4) is 0 Å². The number of hydrogen-bond donors (Lipinski definition) is 1. The molecule has 0 atom stereocenters. The lowest BCUT2D eigenvalue weighted by molar-refractivity contribution is 0.134. The van der Waals surface area contributed by atoms with Crippen molar-refractivity contribution in [3.63, 3.8) is 0 Å². The number of aromatic nitrogens is 3. The van der Waals surface area contributed by atoms with E-state index in [4.69, 9.17) is 4.74 Å². The van der Waals surface area contributed by atoms with Crippen molar-refractivity contribution in [3.8, 4) is 5.69 Å². The predicted molar refractivity (Wildman–Crippen MR) is 95.2 cm³/mol. The van der Waals surface area contributed by atoms with Gasteiger partial charge in [-0.2, -0.15) is 5.10 Å². The minimum Gasteiger partial charge on any atom is -0.381 e. The fourth-order valence-corrected chi connectivity index (χ4v) is 2.61. The molecular weight excluding hydrogens is 300 g/mol. The maximum atomic E-state index is 5.46. The molecule has 0 unspecified atom stereocenters. The fraction of sp³-hybridized carbons (Fsp3) is 0.263. The minimum absolute atomic E-state index is 0.651. The molecule has 3 aromatic rings. The van der Waals surface area contributed by atoms with Crippen molar-refractivity contribution in [2.24, 2.45) is 0 Å². The molecule has 2 aromatic carbocycles. The summed E-state index contributed by atoms with van der Waals surface area (Å²) in [4.78, 5) is 4.00. The number of nitrogens with one attached hydrogen (secondary N) is 1. The van der Waals surface area contributed by atoms with E-state index in [2.05, 4.69) is 64.8 Å². The lowest BCUT2D eigenvalue weighted by Crippen LogP contribution is -2.03. The van der Waals surface area contributed by atoms with Gasteiger partial charge in [-0.15, -0.1) is 0 Å². The number of nitrogens with zero attached hydrogens (tertiary/aromatic N) is 3. The van der Waals surface area contributed by atoms with Crippen molar-refractivity contribution in [1.29, 1.82) is 0 Å². The molecule has 0 saturated heterocycles. The number of aryl methyl sites for hydroxylation is 1.